The van der Waals surface area contributed by atoms with E-state index in [2.05, 4.69) is 0 Å². The summed E-state index contributed by atoms with van der Waals surface area (Å²) < 4.78 is 0. The zero-order valence-corrected chi connectivity index (χ0v) is 9.97. The molecule has 0 saturated carbocycles. The lowest BCUT2D eigenvalue weighted by molar-refractivity contribution is -0.139. The number of hydrogen-bond acceptors (Lipinski definition) is 3. The third kappa shape index (κ3) is 2.42. The molecule has 1 amide bonds. The fraction of sp³-hybridized carbons (Fsp3) is 0.462. The highest BCUT2D eigenvalue weighted by molar-refractivity contribution is 5.84. The lowest BCUT2D eigenvalue weighted by Crippen LogP contribution is -2.52. The molecule has 1 aromatic rings. The van der Waals surface area contributed by atoms with Crippen molar-refractivity contribution < 1.29 is 9.90 Å². The summed E-state index contributed by atoms with van der Waals surface area (Å²) in [6.45, 7) is 3.39. The number of nitrogens with zero attached hydrogens (tertiary/aromatic N) is 1. The summed E-state index contributed by atoms with van der Waals surface area (Å²) in [5.41, 5.74) is 7.33. The Kier molecular flexibility index (Phi) is 3.33. The number of amides is 1. The highest BCUT2D eigenvalue weighted by Gasteiger charge is 2.32. The van der Waals surface area contributed by atoms with Gasteiger partial charge in [-0.2, -0.15) is 0 Å². The van der Waals surface area contributed by atoms with E-state index in [0.29, 0.717) is 18.8 Å². The third-order valence-corrected chi connectivity index (χ3v) is 3.31. The van der Waals surface area contributed by atoms with Gasteiger partial charge in [0.15, 0.2) is 0 Å². The molecule has 1 aliphatic heterocycles. The minimum absolute atomic E-state index is 0.111. The van der Waals surface area contributed by atoms with Crippen LogP contribution in [0.2, 0.25) is 0 Å². The van der Waals surface area contributed by atoms with Crippen LogP contribution in [0, 0.1) is 5.92 Å². The molecule has 0 bridgehead atoms. The van der Waals surface area contributed by atoms with Crippen LogP contribution in [0.15, 0.2) is 24.3 Å². The first-order chi connectivity index (χ1) is 8.11. The number of nitrogens with two attached hydrogens (primary N) is 1. The lowest BCUT2D eigenvalue weighted by Gasteiger charge is -2.39. The molecular weight excluding hydrogens is 216 g/mol. The topological polar surface area (TPSA) is 66.6 Å². The molecule has 92 valence electrons. The molecule has 1 saturated heterocycles. The smallest absolute Gasteiger partial charge is 0.229 e. The molecule has 0 aromatic heterocycles. The molecule has 1 fully saturated rings. The van der Waals surface area contributed by atoms with Gasteiger partial charge in [-0.1, -0.05) is 12.1 Å². The van der Waals surface area contributed by atoms with Crippen LogP contribution in [0.4, 0.5) is 5.69 Å². The summed E-state index contributed by atoms with van der Waals surface area (Å²) in [7, 11) is 0. The van der Waals surface area contributed by atoms with Crippen molar-refractivity contribution in [3.8, 4) is 0 Å². The molecule has 1 heterocycles. The van der Waals surface area contributed by atoms with Gasteiger partial charge >= 0.3 is 0 Å². The summed E-state index contributed by atoms with van der Waals surface area (Å²) in [5, 5.41) is 8.92. The Morgan fingerprint density at radius 2 is 2.29 bits per heavy atom. The standard InChI is InChI=1S/C13H18N2O2/c1-9(11-3-2-4-12(14)5-11)13(17)15-6-10(7-15)8-16/h2-5,9-10,16H,6-8,14H2,1H3. The average Bonchev–Trinajstić information content (AvgIpc) is 2.26. The van der Waals surface area contributed by atoms with Crippen LogP contribution in [0.1, 0.15) is 18.4 Å². The number of benzene rings is 1. The van der Waals surface area contributed by atoms with E-state index in [4.69, 9.17) is 10.8 Å². The molecule has 0 aliphatic carbocycles. The van der Waals surface area contributed by atoms with E-state index in [1.54, 1.807) is 4.90 Å². The summed E-state index contributed by atoms with van der Waals surface area (Å²) in [5.74, 6) is 0.199. The predicted molar refractivity (Wildman–Crippen MR) is 66.4 cm³/mol. The molecule has 2 rings (SSSR count). The van der Waals surface area contributed by atoms with Crippen molar-refractivity contribution in [1.82, 2.24) is 4.90 Å². The number of nitrogen functional groups attached to an aromatic ring is 1. The van der Waals surface area contributed by atoms with Gasteiger partial charge in [0.1, 0.15) is 0 Å². The van der Waals surface area contributed by atoms with Gasteiger partial charge in [0.25, 0.3) is 0 Å². The molecule has 3 N–H and O–H groups in total. The van der Waals surface area contributed by atoms with E-state index in [1.807, 2.05) is 31.2 Å². The van der Waals surface area contributed by atoms with Gasteiger partial charge in [0.2, 0.25) is 5.91 Å². The van der Waals surface area contributed by atoms with E-state index in [9.17, 15) is 4.79 Å². The molecular formula is C13H18N2O2. The van der Waals surface area contributed by atoms with E-state index in [-0.39, 0.29) is 24.3 Å². The lowest BCUT2D eigenvalue weighted by atomic mass is 9.94. The Bertz CT molecular complexity index is 414. The predicted octanol–water partition coefficient (Wildman–Crippen LogP) is 0.823. The first kappa shape index (κ1) is 11.9. The van der Waals surface area contributed by atoms with Crippen LogP contribution in [0.25, 0.3) is 0 Å². The van der Waals surface area contributed by atoms with Gasteiger partial charge in [-0.15, -0.1) is 0 Å². The Morgan fingerprint density at radius 3 is 2.88 bits per heavy atom. The Balaban J connectivity index is 2.01. The summed E-state index contributed by atoms with van der Waals surface area (Å²) in [6.07, 6.45) is 0. The Labute approximate surface area is 101 Å². The van der Waals surface area contributed by atoms with Crippen molar-refractivity contribution in [1.29, 1.82) is 0 Å². The Morgan fingerprint density at radius 1 is 1.59 bits per heavy atom. The van der Waals surface area contributed by atoms with Gasteiger partial charge in [-0.05, 0) is 24.6 Å². The number of carbonyl (C=O) groups is 1. The van der Waals surface area contributed by atoms with Crippen molar-refractivity contribution in [2.45, 2.75) is 12.8 Å². The largest absolute Gasteiger partial charge is 0.399 e. The second kappa shape index (κ2) is 4.75. The van der Waals surface area contributed by atoms with Crippen LogP contribution >= 0.6 is 0 Å². The Hall–Kier alpha value is -1.55. The van der Waals surface area contributed by atoms with Gasteiger partial charge in [0, 0.05) is 31.3 Å². The van der Waals surface area contributed by atoms with Gasteiger partial charge in [-0.3, -0.25) is 4.79 Å². The quantitative estimate of drug-likeness (QED) is 0.761. The van der Waals surface area contributed by atoms with Crippen molar-refractivity contribution in [3.63, 3.8) is 0 Å². The average molecular weight is 234 g/mol. The van der Waals surface area contributed by atoms with E-state index < -0.39 is 0 Å². The zero-order chi connectivity index (χ0) is 12.4. The maximum Gasteiger partial charge on any atom is 0.229 e. The van der Waals surface area contributed by atoms with E-state index in [1.165, 1.54) is 0 Å². The summed E-state index contributed by atoms with van der Waals surface area (Å²) in [6, 6.07) is 7.43. The molecule has 4 heteroatoms. The molecule has 0 spiro atoms. The molecule has 0 radical (unpaired) electrons. The number of aliphatic hydroxyl groups excluding tert-OH is 1. The van der Waals surface area contributed by atoms with Crippen LogP contribution in [0.5, 0.6) is 0 Å². The molecule has 1 unspecified atom stereocenters. The van der Waals surface area contributed by atoms with Crippen molar-refractivity contribution >= 4 is 11.6 Å². The molecule has 1 atom stereocenters. The van der Waals surface area contributed by atoms with Gasteiger partial charge in [-0.25, -0.2) is 0 Å². The normalized spacial score (nSPS) is 17.6. The maximum atomic E-state index is 12.1. The number of rotatable bonds is 3. The number of aliphatic hydroxyl groups is 1. The van der Waals surface area contributed by atoms with Gasteiger partial charge < -0.3 is 15.7 Å². The molecule has 1 aromatic carbocycles. The number of likely N-dealkylation sites (tertiary alicyclic amines) is 1. The SMILES string of the molecule is CC(C(=O)N1CC(CO)C1)c1cccc(N)c1. The van der Waals surface area contributed by atoms with Crippen LogP contribution in [-0.2, 0) is 4.79 Å². The van der Waals surface area contributed by atoms with Crippen LogP contribution in [0.3, 0.4) is 0 Å². The van der Waals surface area contributed by atoms with Crippen molar-refractivity contribution in [3.05, 3.63) is 29.8 Å². The molecule has 1 aliphatic rings. The second-order valence-corrected chi connectivity index (χ2v) is 4.68. The molecule has 4 nitrogen and oxygen atoms in total. The minimum atomic E-state index is -0.168. The zero-order valence-electron chi connectivity index (χ0n) is 9.97. The minimum Gasteiger partial charge on any atom is -0.399 e. The highest BCUT2D eigenvalue weighted by atomic mass is 16.3. The third-order valence-electron chi connectivity index (χ3n) is 3.31. The highest BCUT2D eigenvalue weighted by Crippen LogP contribution is 2.24. The fourth-order valence-electron chi connectivity index (χ4n) is 2.11. The monoisotopic (exact) mass is 234 g/mol. The fourth-order valence-corrected chi connectivity index (χ4v) is 2.11. The van der Waals surface area contributed by atoms with Crippen molar-refractivity contribution in [2.75, 3.05) is 25.4 Å². The van der Waals surface area contributed by atoms with Gasteiger partial charge in [0.05, 0.1) is 5.92 Å². The maximum absolute atomic E-state index is 12.1. The molecule has 17 heavy (non-hydrogen) atoms. The van der Waals surface area contributed by atoms with E-state index >= 15 is 0 Å². The first-order valence-electron chi connectivity index (χ1n) is 5.87. The number of anilines is 1. The van der Waals surface area contributed by atoms with Crippen LogP contribution in [-0.4, -0.2) is 35.6 Å². The van der Waals surface area contributed by atoms with Crippen molar-refractivity contribution in [2.24, 2.45) is 5.92 Å². The van der Waals surface area contributed by atoms with E-state index in [0.717, 1.165) is 5.56 Å². The number of carbonyl (C=O) groups excluding carboxylic acids is 1. The van der Waals surface area contributed by atoms with Crippen LogP contribution < -0.4 is 5.73 Å². The number of hydrogen-bond donors (Lipinski definition) is 2. The second-order valence-electron chi connectivity index (χ2n) is 4.68. The first-order valence-corrected chi connectivity index (χ1v) is 5.87. The summed E-state index contributed by atoms with van der Waals surface area (Å²) >= 11 is 0. The summed E-state index contributed by atoms with van der Waals surface area (Å²) in [4.78, 5) is 13.9.